The minimum Gasteiger partial charge on any atom is -0.493 e. The van der Waals surface area contributed by atoms with Crippen LogP contribution in [-0.4, -0.2) is 69.2 Å². The molecule has 0 saturated carbocycles. The minimum atomic E-state index is 0.0618. The number of likely N-dealkylation sites (tertiary alicyclic amines) is 1. The van der Waals surface area contributed by atoms with Crippen molar-refractivity contribution in [3.8, 4) is 11.5 Å². The van der Waals surface area contributed by atoms with Crippen LogP contribution in [0, 0.1) is 19.8 Å². The van der Waals surface area contributed by atoms with Crippen molar-refractivity contribution < 1.29 is 14.3 Å². The van der Waals surface area contributed by atoms with E-state index in [0.29, 0.717) is 18.5 Å². The molecular weight excluding hydrogens is 510 g/mol. The maximum atomic E-state index is 12.7. The molecule has 2 unspecified atom stereocenters. The summed E-state index contributed by atoms with van der Waals surface area (Å²) in [6.07, 6.45) is 3.21. The first kappa shape index (κ1) is 30.4. The van der Waals surface area contributed by atoms with E-state index in [1.54, 1.807) is 19.1 Å². The lowest BCUT2D eigenvalue weighted by molar-refractivity contribution is 0.0802. The van der Waals surface area contributed by atoms with E-state index in [-0.39, 0.29) is 5.91 Å². The van der Waals surface area contributed by atoms with Crippen LogP contribution in [0.1, 0.15) is 53.7 Å². The molecule has 0 spiro atoms. The van der Waals surface area contributed by atoms with Gasteiger partial charge in [-0.05, 0) is 118 Å². The largest absolute Gasteiger partial charge is 0.493 e. The van der Waals surface area contributed by atoms with Crippen molar-refractivity contribution >= 4 is 17.3 Å². The topological polar surface area (TPSA) is 45.3 Å². The number of ether oxygens (including phenoxy) is 2. The fourth-order valence-corrected chi connectivity index (χ4v) is 6.10. The van der Waals surface area contributed by atoms with Crippen LogP contribution < -0.4 is 14.4 Å². The number of carbonyl (C=O) groups is 1. The number of aryl methyl sites for hydroxylation is 3. The Kier molecular flexibility index (Phi) is 10.3. The Bertz CT molecular complexity index is 1290. The first-order valence-electron chi connectivity index (χ1n) is 14.9. The molecule has 6 nitrogen and oxygen atoms in total. The summed E-state index contributed by atoms with van der Waals surface area (Å²) >= 11 is 0. The van der Waals surface area contributed by atoms with Crippen LogP contribution in [0.3, 0.4) is 0 Å². The highest BCUT2D eigenvalue weighted by atomic mass is 16.5. The fraction of sp³-hybridized carbons (Fsp3) is 0.457. The number of nitrogens with zero attached hydrogens (tertiary/aromatic N) is 3. The SMILES string of the molecule is CCN(C)C(=O)c1ccc(N(c2cc(C)cc(C)c2)C2CCN(CCCc3ccc(OC)c(OC)c3)CC2C)cc1. The van der Waals surface area contributed by atoms with E-state index >= 15 is 0 Å². The van der Waals surface area contributed by atoms with Crippen molar-refractivity contribution in [3.63, 3.8) is 0 Å². The zero-order valence-electron chi connectivity index (χ0n) is 25.9. The summed E-state index contributed by atoms with van der Waals surface area (Å²) in [4.78, 5) is 19.6. The maximum Gasteiger partial charge on any atom is 0.253 e. The molecule has 1 saturated heterocycles. The number of anilines is 2. The van der Waals surface area contributed by atoms with Gasteiger partial charge in [0.15, 0.2) is 11.5 Å². The van der Waals surface area contributed by atoms with E-state index in [2.05, 4.69) is 73.0 Å². The molecule has 0 radical (unpaired) electrons. The maximum absolute atomic E-state index is 12.7. The molecule has 41 heavy (non-hydrogen) atoms. The van der Waals surface area contributed by atoms with Crippen LogP contribution in [0.15, 0.2) is 60.7 Å². The first-order chi connectivity index (χ1) is 19.7. The molecule has 220 valence electrons. The highest BCUT2D eigenvalue weighted by Crippen LogP contribution is 2.36. The van der Waals surface area contributed by atoms with Gasteiger partial charge in [-0.2, -0.15) is 0 Å². The molecule has 3 aromatic carbocycles. The number of carbonyl (C=O) groups excluding carboxylic acids is 1. The number of benzene rings is 3. The van der Waals surface area contributed by atoms with Gasteiger partial charge in [-0.15, -0.1) is 0 Å². The van der Waals surface area contributed by atoms with Gasteiger partial charge in [0.25, 0.3) is 5.91 Å². The minimum absolute atomic E-state index is 0.0618. The van der Waals surface area contributed by atoms with E-state index < -0.39 is 0 Å². The number of hydrogen-bond acceptors (Lipinski definition) is 5. The molecule has 1 aliphatic rings. The highest BCUT2D eigenvalue weighted by molar-refractivity contribution is 5.94. The van der Waals surface area contributed by atoms with Gasteiger partial charge in [0.1, 0.15) is 0 Å². The summed E-state index contributed by atoms with van der Waals surface area (Å²) in [5.74, 6) is 2.11. The smallest absolute Gasteiger partial charge is 0.253 e. The van der Waals surface area contributed by atoms with Crippen LogP contribution in [0.2, 0.25) is 0 Å². The molecule has 0 bridgehead atoms. The lowest BCUT2D eigenvalue weighted by atomic mass is 9.90. The molecule has 6 heteroatoms. The fourth-order valence-electron chi connectivity index (χ4n) is 6.10. The second kappa shape index (κ2) is 13.9. The Labute approximate surface area is 246 Å². The Morgan fingerprint density at radius 1 is 0.927 bits per heavy atom. The lowest BCUT2D eigenvalue weighted by Crippen LogP contribution is -2.49. The molecule has 4 rings (SSSR count). The Morgan fingerprint density at radius 3 is 2.22 bits per heavy atom. The average Bonchev–Trinajstić information content (AvgIpc) is 2.97. The summed E-state index contributed by atoms with van der Waals surface area (Å²) < 4.78 is 10.9. The predicted molar refractivity (Wildman–Crippen MR) is 169 cm³/mol. The Morgan fingerprint density at radius 2 is 1.61 bits per heavy atom. The van der Waals surface area contributed by atoms with Crippen molar-refractivity contribution in [3.05, 3.63) is 82.9 Å². The third-order valence-corrected chi connectivity index (χ3v) is 8.36. The van der Waals surface area contributed by atoms with Gasteiger partial charge < -0.3 is 24.2 Å². The van der Waals surface area contributed by atoms with Gasteiger partial charge in [-0.1, -0.05) is 19.1 Å². The van der Waals surface area contributed by atoms with Crippen LogP contribution in [-0.2, 0) is 6.42 Å². The standard InChI is InChI=1S/C35H47N3O3/c1-8-36(5)35(39)29-12-14-30(15-13-29)38(31-21-25(2)20-26(3)22-31)32-17-19-37(24-27(32)4)18-9-10-28-11-16-33(40-6)34(23-28)41-7/h11-16,20-23,27,32H,8-10,17-19,24H2,1-7H3. The Hall–Kier alpha value is -3.51. The van der Waals surface area contributed by atoms with Gasteiger partial charge in [-0.25, -0.2) is 0 Å². The number of methoxy groups -OCH3 is 2. The van der Waals surface area contributed by atoms with Gasteiger partial charge in [0.2, 0.25) is 0 Å². The quantitative estimate of drug-likeness (QED) is 0.257. The number of hydrogen-bond donors (Lipinski definition) is 0. The summed E-state index contributed by atoms with van der Waals surface area (Å²) in [5, 5.41) is 0. The lowest BCUT2D eigenvalue weighted by Gasteiger charge is -2.44. The summed E-state index contributed by atoms with van der Waals surface area (Å²) in [5.41, 5.74) is 6.91. The van der Waals surface area contributed by atoms with Crippen molar-refractivity contribution in [2.75, 3.05) is 52.3 Å². The van der Waals surface area contributed by atoms with E-state index in [4.69, 9.17) is 9.47 Å². The molecule has 0 aromatic heterocycles. The number of piperidine rings is 1. The first-order valence-corrected chi connectivity index (χ1v) is 14.9. The predicted octanol–water partition coefficient (Wildman–Crippen LogP) is 6.89. The molecule has 3 aromatic rings. The second-order valence-electron chi connectivity index (χ2n) is 11.5. The van der Waals surface area contributed by atoms with E-state index in [1.165, 1.54) is 22.4 Å². The van der Waals surface area contributed by atoms with Crippen LogP contribution in [0.5, 0.6) is 11.5 Å². The molecule has 2 atom stereocenters. The molecule has 0 aliphatic carbocycles. The van der Waals surface area contributed by atoms with Crippen LogP contribution in [0.4, 0.5) is 11.4 Å². The molecule has 1 amide bonds. The van der Waals surface area contributed by atoms with Gasteiger partial charge in [0.05, 0.1) is 14.2 Å². The summed E-state index contributed by atoms with van der Waals surface area (Å²) in [6, 6.07) is 21.6. The molecule has 1 heterocycles. The molecular formula is C35H47N3O3. The summed E-state index contributed by atoms with van der Waals surface area (Å²) in [7, 11) is 5.21. The van der Waals surface area contributed by atoms with E-state index in [0.717, 1.165) is 61.6 Å². The van der Waals surface area contributed by atoms with Crippen molar-refractivity contribution in [2.24, 2.45) is 5.92 Å². The monoisotopic (exact) mass is 557 g/mol. The van der Waals surface area contributed by atoms with Crippen molar-refractivity contribution in [1.82, 2.24) is 9.80 Å². The molecule has 1 aliphatic heterocycles. The second-order valence-corrected chi connectivity index (χ2v) is 11.5. The van der Waals surface area contributed by atoms with Gasteiger partial charge >= 0.3 is 0 Å². The Balaban J connectivity index is 1.47. The summed E-state index contributed by atoms with van der Waals surface area (Å²) in [6.45, 7) is 12.6. The molecule has 1 fully saturated rings. The third kappa shape index (κ3) is 7.42. The number of rotatable bonds is 11. The third-order valence-electron chi connectivity index (χ3n) is 8.36. The van der Waals surface area contributed by atoms with Crippen LogP contribution in [0.25, 0.3) is 0 Å². The van der Waals surface area contributed by atoms with Gasteiger partial charge in [-0.3, -0.25) is 4.79 Å². The van der Waals surface area contributed by atoms with Gasteiger partial charge in [0, 0.05) is 49.7 Å². The van der Waals surface area contributed by atoms with E-state index in [1.807, 2.05) is 32.2 Å². The van der Waals surface area contributed by atoms with Crippen LogP contribution >= 0.6 is 0 Å². The molecule has 0 N–H and O–H groups in total. The zero-order valence-corrected chi connectivity index (χ0v) is 25.9. The van der Waals surface area contributed by atoms with Crippen molar-refractivity contribution in [2.45, 2.75) is 53.0 Å². The average molecular weight is 558 g/mol. The zero-order chi connectivity index (χ0) is 29.5. The highest BCUT2D eigenvalue weighted by Gasteiger charge is 2.32. The van der Waals surface area contributed by atoms with E-state index in [9.17, 15) is 4.79 Å². The normalized spacial score (nSPS) is 17.2. The van der Waals surface area contributed by atoms with Crippen molar-refractivity contribution in [1.29, 1.82) is 0 Å². The number of amides is 1.